The average Bonchev–Trinajstić information content (AvgIpc) is 2.56. The molecule has 124 valence electrons. The highest BCUT2D eigenvalue weighted by molar-refractivity contribution is 6.04. The Labute approximate surface area is 137 Å². The quantitative estimate of drug-likeness (QED) is 0.651. The van der Waals surface area contributed by atoms with Crippen molar-refractivity contribution in [3.05, 3.63) is 71.8 Å². The highest BCUT2D eigenvalue weighted by atomic mass is 16.2. The van der Waals surface area contributed by atoms with Gasteiger partial charge in [0, 0.05) is 11.1 Å². The van der Waals surface area contributed by atoms with Crippen LogP contribution in [-0.2, 0) is 0 Å². The average molecular weight is 328 g/mol. The van der Waals surface area contributed by atoms with Crippen LogP contribution in [0.5, 0.6) is 0 Å². The Morgan fingerprint density at radius 3 is 1.12 bits per heavy atom. The van der Waals surface area contributed by atoms with Gasteiger partial charge in [-0.15, -0.1) is 0 Å². The molecule has 0 fully saturated rings. The van der Waals surface area contributed by atoms with Gasteiger partial charge < -0.3 is 11.5 Å². The van der Waals surface area contributed by atoms with Gasteiger partial charge in [-0.1, -0.05) is 36.4 Å². The van der Waals surface area contributed by atoms with Gasteiger partial charge in [0.15, 0.2) is 0 Å². The van der Waals surface area contributed by atoms with Crippen molar-refractivity contribution in [1.82, 2.24) is 10.6 Å². The number of imide groups is 2. The summed E-state index contributed by atoms with van der Waals surface area (Å²) in [6, 6.07) is 15.1. The Hall–Kier alpha value is -3.68. The number of hydrogen-bond donors (Lipinski definition) is 4. The second-order valence-corrected chi connectivity index (χ2v) is 4.37. The third kappa shape index (κ3) is 6.85. The molecule has 0 radical (unpaired) electrons. The van der Waals surface area contributed by atoms with E-state index in [1.807, 2.05) is 10.6 Å². The number of hydrogen-bond acceptors (Lipinski definition) is 4. The first-order valence-corrected chi connectivity index (χ1v) is 6.72. The lowest BCUT2D eigenvalue weighted by molar-refractivity contribution is 0.0956. The second kappa shape index (κ2) is 9.36. The summed E-state index contributed by atoms with van der Waals surface area (Å²) in [5.41, 5.74) is 10.3. The molecule has 0 aromatic heterocycles. The zero-order chi connectivity index (χ0) is 17.9. The first-order valence-electron chi connectivity index (χ1n) is 6.72. The highest BCUT2D eigenvalue weighted by Gasteiger charge is 2.05. The van der Waals surface area contributed by atoms with Crippen LogP contribution in [0, 0.1) is 0 Å². The van der Waals surface area contributed by atoms with Gasteiger partial charge >= 0.3 is 12.1 Å². The van der Waals surface area contributed by atoms with Crippen molar-refractivity contribution in [1.29, 1.82) is 0 Å². The van der Waals surface area contributed by atoms with Gasteiger partial charge in [0.1, 0.15) is 0 Å². The number of carbonyl (C=O) groups excluding carboxylic acids is 4. The molecule has 0 saturated carbocycles. The molecule has 0 heterocycles. The van der Waals surface area contributed by atoms with E-state index in [9.17, 15) is 19.2 Å². The first kappa shape index (κ1) is 18.4. The van der Waals surface area contributed by atoms with Gasteiger partial charge in [0.25, 0.3) is 11.8 Å². The number of primary amides is 2. The predicted octanol–water partition coefficient (Wildman–Crippen LogP) is 0.990. The van der Waals surface area contributed by atoms with E-state index in [0.29, 0.717) is 11.1 Å². The van der Waals surface area contributed by atoms with E-state index in [-0.39, 0.29) is 0 Å². The topological polar surface area (TPSA) is 144 Å². The maximum Gasteiger partial charge on any atom is 0.319 e. The molecular weight excluding hydrogens is 312 g/mol. The molecule has 2 rings (SSSR count). The van der Waals surface area contributed by atoms with Crippen molar-refractivity contribution in [2.45, 2.75) is 0 Å². The lowest BCUT2D eigenvalue weighted by Gasteiger charge is -1.98. The fourth-order valence-corrected chi connectivity index (χ4v) is 1.55. The molecule has 0 spiro atoms. The molecule has 0 saturated heterocycles. The molecule has 24 heavy (non-hydrogen) atoms. The number of nitrogens with one attached hydrogen (secondary N) is 2. The predicted molar refractivity (Wildman–Crippen MR) is 87.0 cm³/mol. The number of urea groups is 2. The normalized spacial score (nSPS) is 9.00. The van der Waals surface area contributed by atoms with Gasteiger partial charge in [0.05, 0.1) is 0 Å². The lowest BCUT2D eigenvalue weighted by atomic mass is 10.2. The summed E-state index contributed by atoms with van der Waals surface area (Å²) >= 11 is 0. The minimum absolute atomic E-state index is 0.413. The maximum atomic E-state index is 11.0. The van der Waals surface area contributed by atoms with Gasteiger partial charge in [-0.3, -0.25) is 20.2 Å². The Bertz CT molecular complexity index is 654. The largest absolute Gasteiger partial charge is 0.351 e. The fourth-order valence-electron chi connectivity index (χ4n) is 1.55. The van der Waals surface area contributed by atoms with E-state index >= 15 is 0 Å². The number of benzene rings is 2. The summed E-state index contributed by atoms with van der Waals surface area (Å²) in [5, 5.41) is 3.92. The number of nitrogens with two attached hydrogens (primary N) is 2. The van der Waals surface area contributed by atoms with E-state index in [0.717, 1.165) is 0 Å². The SMILES string of the molecule is NC(=O)NC(=O)c1ccccc1.NC(=O)NC(=O)c1ccccc1. The second-order valence-electron chi connectivity index (χ2n) is 4.37. The van der Waals surface area contributed by atoms with Crippen molar-refractivity contribution in [3.63, 3.8) is 0 Å². The molecule has 6 N–H and O–H groups in total. The van der Waals surface area contributed by atoms with Crippen molar-refractivity contribution < 1.29 is 19.2 Å². The van der Waals surface area contributed by atoms with Gasteiger partial charge in [-0.05, 0) is 24.3 Å². The Morgan fingerprint density at radius 2 is 0.875 bits per heavy atom. The van der Waals surface area contributed by atoms with Crippen LogP contribution in [0.4, 0.5) is 9.59 Å². The Kier molecular flexibility index (Phi) is 7.16. The minimum atomic E-state index is -0.844. The lowest BCUT2D eigenvalue weighted by Crippen LogP contribution is -2.34. The zero-order valence-electron chi connectivity index (χ0n) is 12.6. The summed E-state index contributed by atoms with van der Waals surface area (Å²) in [7, 11) is 0. The third-order valence-corrected chi connectivity index (χ3v) is 2.55. The molecule has 0 aliphatic heterocycles. The standard InChI is InChI=1S/2C8H8N2O2/c2*9-8(12)10-7(11)6-4-2-1-3-5-6/h2*1-5H,(H3,9,10,11,12). The van der Waals surface area contributed by atoms with Gasteiger partial charge in [-0.25, -0.2) is 9.59 Å². The smallest absolute Gasteiger partial charge is 0.319 e. The minimum Gasteiger partial charge on any atom is -0.351 e. The van der Waals surface area contributed by atoms with E-state index in [1.165, 1.54) is 0 Å². The van der Waals surface area contributed by atoms with Crippen LogP contribution >= 0.6 is 0 Å². The molecule has 8 heteroatoms. The van der Waals surface area contributed by atoms with Crippen molar-refractivity contribution in [2.24, 2.45) is 11.5 Å². The molecule has 0 bridgehead atoms. The Balaban J connectivity index is 0.000000240. The summed E-state index contributed by atoms with van der Waals surface area (Å²) in [5.74, 6) is -0.966. The van der Waals surface area contributed by atoms with Crippen molar-refractivity contribution in [3.8, 4) is 0 Å². The molecule has 2 aromatic rings. The molecule has 0 aliphatic rings. The summed E-state index contributed by atoms with van der Waals surface area (Å²) < 4.78 is 0. The number of carbonyl (C=O) groups is 4. The first-order chi connectivity index (χ1) is 11.4. The monoisotopic (exact) mass is 328 g/mol. The van der Waals surface area contributed by atoms with E-state index < -0.39 is 23.9 Å². The summed E-state index contributed by atoms with van der Waals surface area (Å²) in [4.78, 5) is 42.6. The van der Waals surface area contributed by atoms with Crippen LogP contribution in [-0.4, -0.2) is 23.9 Å². The van der Waals surface area contributed by atoms with Crippen molar-refractivity contribution >= 4 is 23.9 Å². The third-order valence-electron chi connectivity index (χ3n) is 2.55. The molecule has 0 aliphatic carbocycles. The van der Waals surface area contributed by atoms with Crippen LogP contribution in [0.3, 0.4) is 0 Å². The number of amides is 6. The molecule has 0 atom stereocenters. The summed E-state index contributed by atoms with van der Waals surface area (Å²) in [6.45, 7) is 0. The maximum absolute atomic E-state index is 11.0. The highest BCUT2D eigenvalue weighted by Crippen LogP contribution is 1.97. The Morgan fingerprint density at radius 1 is 0.583 bits per heavy atom. The van der Waals surface area contributed by atoms with E-state index in [1.54, 1.807) is 60.7 Å². The molecule has 8 nitrogen and oxygen atoms in total. The number of rotatable bonds is 2. The molecule has 6 amide bonds. The molecule has 0 unspecified atom stereocenters. The van der Waals surface area contributed by atoms with Crippen molar-refractivity contribution in [2.75, 3.05) is 0 Å². The van der Waals surface area contributed by atoms with Gasteiger partial charge in [0.2, 0.25) is 0 Å². The van der Waals surface area contributed by atoms with E-state index in [2.05, 4.69) is 0 Å². The zero-order valence-corrected chi connectivity index (χ0v) is 12.6. The van der Waals surface area contributed by atoms with Gasteiger partial charge in [-0.2, -0.15) is 0 Å². The van der Waals surface area contributed by atoms with Crippen LogP contribution in [0.1, 0.15) is 20.7 Å². The van der Waals surface area contributed by atoms with Crippen LogP contribution in [0.2, 0.25) is 0 Å². The van der Waals surface area contributed by atoms with E-state index in [4.69, 9.17) is 11.5 Å². The summed E-state index contributed by atoms with van der Waals surface area (Å²) in [6.07, 6.45) is 0. The fraction of sp³-hybridized carbons (Fsp3) is 0. The molecule has 2 aromatic carbocycles. The van der Waals surface area contributed by atoms with Crippen LogP contribution in [0.15, 0.2) is 60.7 Å². The van der Waals surface area contributed by atoms with Crippen LogP contribution < -0.4 is 22.1 Å². The molecular formula is C16H16N4O4. The van der Waals surface area contributed by atoms with Crippen LogP contribution in [0.25, 0.3) is 0 Å².